The minimum absolute atomic E-state index is 0.0925. The van der Waals surface area contributed by atoms with Crippen LogP contribution in [0.2, 0.25) is 5.02 Å². The Labute approximate surface area is 134 Å². The van der Waals surface area contributed by atoms with Crippen LogP contribution < -0.4 is 0 Å². The third-order valence-electron chi connectivity index (χ3n) is 3.69. The number of rotatable bonds is 3. The summed E-state index contributed by atoms with van der Waals surface area (Å²) < 4.78 is 39.6. The van der Waals surface area contributed by atoms with E-state index in [2.05, 4.69) is 0 Å². The normalized spacial score (nSPS) is 19.9. The molecule has 0 aromatic heterocycles. The zero-order chi connectivity index (χ0) is 16.5. The van der Waals surface area contributed by atoms with E-state index in [0.717, 1.165) is 18.2 Å². The molecule has 1 atom stereocenters. The molecule has 1 aliphatic heterocycles. The number of amides is 1. The summed E-state index contributed by atoms with van der Waals surface area (Å²) in [5.41, 5.74) is 0. The molecule has 22 heavy (non-hydrogen) atoms. The summed E-state index contributed by atoms with van der Waals surface area (Å²) in [6.45, 7) is 0.445. The lowest BCUT2D eigenvalue weighted by Crippen LogP contribution is -2.45. The van der Waals surface area contributed by atoms with Gasteiger partial charge in [0, 0.05) is 27.2 Å². The molecule has 1 amide bonds. The molecule has 1 aliphatic rings. The summed E-state index contributed by atoms with van der Waals surface area (Å²) in [5.74, 6) is -1.05. The number of benzene rings is 1. The fourth-order valence-corrected chi connectivity index (χ4v) is 4.58. The van der Waals surface area contributed by atoms with E-state index in [4.69, 9.17) is 11.6 Å². The van der Waals surface area contributed by atoms with Gasteiger partial charge in [-0.1, -0.05) is 11.6 Å². The fraction of sp³-hybridized carbons (Fsp3) is 0.500. The Morgan fingerprint density at radius 1 is 1.41 bits per heavy atom. The van der Waals surface area contributed by atoms with Crippen molar-refractivity contribution in [2.75, 3.05) is 27.2 Å². The first-order valence-electron chi connectivity index (χ1n) is 6.90. The quantitative estimate of drug-likeness (QED) is 0.839. The second kappa shape index (κ2) is 6.52. The molecule has 0 radical (unpaired) electrons. The maximum atomic E-state index is 13.1. The Hall–Kier alpha value is -1.18. The van der Waals surface area contributed by atoms with E-state index >= 15 is 0 Å². The number of carbonyl (C=O) groups is 1. The van der Waals surface area contributed by atoms with Crippen molar-refractivity contribution in [1.29, 1.82) is 0 Å². The highest BCUT2D eigenvalue weighted by molar-refractivity contribution is 7.89. The number of sulfonamides is 1. The van der Waals surface area contributed by atoms with Crippen molar-refractivity contribution in [2.45, 2.75) is 17.7 Å². The van der Waals surface area contributed by atoms with Crippen LogP contribution in [0.25, 0.3) is 0 Å². The fourth-order valence-electron chi connectivity index (χ4n) is 2.55. The maximum absolute atomic E-state index is 13.1. The van der Waals surface area contributed by atoms with E-state index in [1.165, 1.54) is 9.21 Å². The minimum atomic E-state index is -3.84. The molecule has 0 N–H and O–H groups in total. The molecule has 1 aromatic carbocycles. The van der Waals surface area contributed by atoms with Gasteiger partial charge in [0.2, 0.25) is 15.9 Å². The number of nitrogens with zero attached hydrogens (tertiary/aromatic N) is 2. The number of hydrogen-bond acceptors (Lipinski definition) is 3. The SMILES string of the molecule is CN(C)C(=O)C1CCCN(S(=O)(=O)c2ccc(F)cc2Cl)C1. The molecule has 8 heteroatoms. The van der Waals surface area contributed by atoms with Gasteiger partial charge in [0.05, 0.1) is 10.9 Å². The lowest BCUT2D eigenvalue weighted by atomic mass is 9.98. The van der Waals surface area contributed by atoms with E-state index < -0.39 is 15.8 Å². The van der Waals surface area contributed by atoms with Crippen LogP contribution in [0.15, 0.2) is 23.1 Å². The topological polar surface area (TPSA) is 57.7 Å². The Kier molecular flexibility index (Phi) is 5.09. The predicted octanol–water partition coefficient (Wildman–Crippen LogP) is 1.97. The van der Waals surface area contributed by atoms with Gasteiger partial charge >= 0.3 is 0 Å². The average Bonchev–Trinajstić information content (AvgIpc) is 2.46. The van der Waals surface area contributed by atoms with Gasteiger partial charge in [-0.05, 0) is 31.0 Å². The van der Waals surface area contributed by atoms with E-state index in [1.54, 1.807) is 14.1 Å². The van der Waals surface area contributed by atoms with Crippen molar-refractivity contribution in [2.24, 2.45) is 5.92 Å². The Morgan fingerprint density at radius 2 is 2.09 bits per heavy atom. The maximum Gasteiger partial charge on any atom is 0.244 e. The number of halogens is 2. The Bertz CT molecular complexity index is 679. The van der Waals surface area contributed by atoms with Gasteiger partial charge < -0.3 is 4.90 Å². The van der Waals surface area contributed by atoms with Crippen LogP contribution in [0, 0.1) is 11.7 Å². The van der Waals surface area contributed by atoms with Gasteiger partial charge in [0.1, 0.15) is 10.7 Å². The molecule has 0 spiro atoms. The molecule has 1 unspecified atom stereocenters. The van der Waals surface area contributed by atoms with Crippen molar-refractivity contribution in [3.05, 3.63) is 29.0 Å². The molecule has 1 fully saturated rings. The Balaban J connectivity index is 2.27. The predicted molar refractivity (Wildman–Crippen MR) is 81.6 cm³/mol. The van der Waals surface area contributed by atoms with Crippen LogP contribution in [0.4, 0.5) is 4.39 Å². The first-order valence-corrected chi connectivity index (χ1v) is 8.71. The standard InChI is InChI=1S/C14H18ClFN2O3S/c1-17(2)14(19)10-4-3-7-18(9-10)22(20,21)13-6-5-11(16)8-12(13)15/h5-6,8,10H,3-4,7,9H2,1-2H3. The molecule has 1 saturated heterocycles. The largest absolute Gasteiger partial charge is 0.349 e. The molecule has 5 nitrogen and oxygen atoms in total. The summed E-state index contributed by atoms with van der Waals surface area (Å²) in [5, 5.41) is -0.152. The van der Waals surface area contributed by atoms with Crippen LogP contribution in [0.3, 0.4) is 0 Å². The van der Waals surface area contributed by atoms with Gasteiger partial charge in [0.15, 0.2) is 0 Å². The van der Waals surface area contributed by atoms with Crippen LogP contribution in [0.1, 0.15) is 12.8 Å². The second-order valence-corrected chi connectivity index (χ2v) is 7.82. The van der Waals surface area contributed by atoms with Gasteiger partial charge in [-0.3, -0.25) is 4.79 Å². The third kappa shape index (κ3) is 3.42. The van der Waals surface area contributed by atoms with Crippen LogP contribution >= 0.6 is 11.6 Å². The smallest absolute Gasteiger partial charge is 0.244 e. The van der Waals surface area contributed by atoms with Gasteiger partial charge in [0.25, 0.3) is 0 Å². The number of piperidine rings is 1. The van der Waals surface area contributed by atoms with Crippen LogP contribution in [-0.2, 0) is 14.8 Å². The molecule has 122 valence electrons. The minimum Gasteiger partial charge on any atom is -0.349 e. The summed E-state index contributed by atoms with van der Waals surface area (Å²) in [7, 11) is -0.547. The highest BCUT2D eigenvalue weighted by Gasteiger charge is 2.34. The van der Waals surface area contributed by atoms with Crippen LogP contribution in [-0.4, -0.2) is 50.7 Å². The summed E-state index contributed by atoms with van der Waals surface area (Å²) in [6, 6.07) is 3.19. The molecular formula is C14H18ClFN2O3S. The zero-order valence-electron chi connectivity index (χ0n) is 12.4. The van der Waals surface area contributed by atoms with E-state index in [1.807, 2.05) is 0 Å². The van der Waals surface area contributed by atoms with Gasteiger partial charge in [-0.2, -0.15) is 4.31 Å². The van der Waals surface area contributed by atoms with E-state index in [0.29, 0.717) is 19.4 Å². The highest BCUT2D eigenvalue weighted by atomic mass is 35.5. The van der Waals surface area contributed by atoms with Crippen molar-refractivity contribution < 1.29 is 17.6 Å². The summed E-state index contributed by atoms with van der Waals surface area (Å²) in [6.07, 6.45) is 1.25. The van der Waals surface area contributed by atoms with E-state index in [-0.39, 0.29) is 28.3 Å². The number of carbonyl (C=O) groups excluding carboxylic acids is 1. The zero-order valence-corrected chi connectivity index (χ0v) is 14.0. The molecule has 1 heterocycles. The molecule has 2 rings (SSSR count). The monoisotopic (exact) mass is 348 g/mol. The lowest BCUT2D eigenvalue weighted by Gasteiger charge is -2.32. The molecule has 0 aliphatic carbocycles. The van der Waals surface area contributed by atoms with Crippen molar-refractivity contribution >= 4 is 27.5 Å². The first-order chi connectivity index (χ1) is 10.2. The number of hydrogen-bond donors (Lipinski definition) is 0. The van der Waals surface area contributed by atoms with Crippen molar-refractivity contribution in [1.82, 2.24) is 9.21 Å². The average molecular weight is 349 g/mol. The summed E-state index contributed by atoms with van der Waals surface area (Å²) >= 11 is 5.86. The molecule has 1 aromatic rings. The van der Waals surface area contributed by atoms with Crippen molar-refractivity contribution in [3.63, 3.8) is 0 Å². The third-order valence-corrected chi connectivity index (χ3v) is 6.03. The first kappa shape index (κ1) is 17.2. The highest BCUT2D eigenvalue weighted by Crippen LogP contribution is 2.29. The Morgan fingerprint density at radius 3 is 2.68 bits per heavy atom. The second-order valence-electron chi connectivity index (χ2n) is 5.51. The van der Waals surface area contributed by atoms with Gasteiger partial charge in [-0.15, -0.1) is 0 Å². The molecule has 0 bridgehead atoms. The van der Waals surface area contributed by atoms with Crippen molar-refractivity contribution in [3.8, 4) is 0 Å². The lowest BCUT2D eigenvalue weighted by molar-refractivity contribution is -0.134. The van der Waals surface area contributed by atoms with Gasteiger partial charge in [-0.25, -0.2) is 12.8 Å². The molecule has 0 saturated carbocycles. The van der Waals surface area contributed by atoms with Crippen LogP contribution in [0.5, 0.6) is 0 Å². The summed E-state index contributed by atoms with van der Waals surface area (Å²) in [4.78, 5) is 13.4. The molecular weight excluding hydrogens is 331 g/mol. The van der Waals surface area contributed by atoms with E-state index in [9.17, 15) is 17.6 Å².